The van der Waals surface area contributed by atoms with E-state index in [1.54, 1.807) is 0 Å². The van der Waals surface area contributed by atoms with Gasteiger partial charge in [-0.05, 0) is 54.5 Å². The van der Waals surface area contributed by atoms with Gasteiger partial charge in [0.15, 0.2) is 5.82 Å². The van der Waals surface area contributed by atoms with Crippen molar-refractivity contribution in [2.75, 3.05) is 13.2 Å². The van der Waals surface area contributed by atoms with E-state index in [9.17, 15) is 4.79 Å². The molecule has 6 nitrogen and oxygen atoms in total. The molecule has 5 rings (SSSR count). The predicted molar refractivity (Wildman–Crippen MR) is 127 cm³/mol. The van der Waals surface area contributed by atoms with E-state index in [2.05, 4.69) is 17.0 Å². The lowest BCUT2D eigenvalue weighted by Crippen LogP contribution is -2.24. The molecule has 32 heavy (non-hydrogen) atoms. The average Bonchev–Trinajstić information content (AvgIpc) is 3.36. The van der Waals surface area contributed by atoms with Gasteiger partial charge >= 0.3 is 0 Å². The normalized spacial score (nSPS) is 13.7. The molecule has 0 N–H and O–H groups in total. The summed E-state index contributed by atoms with van der Waals surface area (Å²) >= 11 is 1.33. The molecule has 0 radical (unpaired) electrons. The molecule has 2 aromatic heterocycles. The van der Waals surface area contributed by atoms with E-state index in [1.165, 1.54) is 28.7 Å². The van der Waals surface area contributed by atoms with Crippen molar-refractivity contribution in [2.45, 2.75) is 26.2 Å². The first-order chi connectivity index (χ1) is 15.7. The molecule has 0 atom stereocenters. The minimum atomic E-state index is -0.167. The van der Waals surface area contributed by atoms with Gasteiger partial charge in [0.05, 0.1) is 11.1 Å². The van der Waals surface area contributed by atoms with Crippen LogP contribution in [0.15, 0.2) is 58.9 Å². The quantitative estimate of drug-likeness (QED) is 0.396. The maximum atomic E-state index is 12.9. The van der Waals surface area contributed by atoms with E-state index in [0.29, 0.717) is 21.9 Å². The van der Waals surface area contributed by atoms with E-state index in [4.69, 9.17) is 9.47 Å². The fraction of sp³-hybridized carbons (Fsp3) is 0.240. The van der Waals surface area contributed by atoms with Gasteiger partial charge in [0.1, 0.15) is 18.1 Å². The zero-order valence-corrected chi connectivity index (χ0v) is 18.6. The molecule has 0 saturated heterocycles. The number of thiazole rings is 1. The van der Waals surface area contributed by atoms with E-state index in [-0.39, 0.29) is 5.56 Å². The fourth-order valence-corrected chi connectivity index (χ4v) is 4.51. The zero-order valence-electron chi connectivity index (χ0n) is 17.8. The third-order valence-electron chi connectivity index (χ3n) is 5.28. The van der Waals surface area contributed by atoms with E-state index in [0.717, 1.165) is 41.2 Å². The van der Waals surface area contributed by atoms with Crippen LogP contribution in [0.2, 0.25) is 0 Å². The van der Waals surface area contributed by atoms with Crippen molar-refractivity contribution >= 4 is 28.4 Å². The molecular formula is C25H23N3O3S. The van der Waals surface area contributed by atoms with Crippen molar-refractivity contribution in [2.24, 2.45) is 0 Å². The van der Waals surface area contributed by atoms with Crippen LogP contribution in [0.4, 0.5) is 0 Å². The second kappa shape index (κ2) is 8.96. The Morgan fingerprint density at radius 3 is 2.81 bits per heavy atom. The number of benzene rings is 2. The lowest BCUT2D eigenvalue weighted by atomic mass is 10.1. The van der Waals surface area contributed by atoms with Crippen molar-refractivity contribution in [1.29, 1.82) is 0 Å². The van der Waals surface area contributed by atoms with E-state index < -0.39 is 0 Å². The molecule has 4 aromatic rings. The highest BCUT2D eigenvalue weighted by atomic mass is 32.1. The lowest BCUT2D eigenvalue weighted by molar-refractivity contribution is 0.306. The topological polar surface area (TPSA) is 65.7 Å². The monoisotopic (exact) mass is 445 g/mol. The number of hydrogen-bond donors (Lipinski definition) is 0. The molecule has 0 amide bonds. The molecule has 0 spiro atoms. The van der Waals surface area contributed by atoms with Crippen LogP contribution in [0, 0.1) is 0 Å². The maximum absolute atomic E-state index is 12.9. The number of para-hydroxylation sites is 1. The van der Waals surface area contributed by atoms with Crippen molar-refractivity contribution in [1.82, 2.24) is 14.6 Å². The largest absolute Gasteiger partial charge is 0.494 e. The summed E-state index contributed by atoms with van der Waals surface area (Å²) in [4.78, 5) is 18.0. The standard InChI is InChI=1S/C25H23N3O3S/c1-2-3-6-13-30-20-11-9-18(10-12-20)23-26-25-28(27-23)24(29)22(32-25)15-17-14-19-7-4-5-8-21(19)31-16-17/h4-5,7-12,14-15H,2-3,6,13,16H2,1H3/b22-15-. The highest BCUT2D eigenvalue weighted by Crippen LogP contribution is 2.26. The number of rotatable bonds is 7. The third-order valence-corrected chi connectivity index (χ3v) is 6.24. The highest BCUT2D eigenvalue weighted by molar-refractivity contribution is 7.15. The van der Waals surface area contributed by atoms with Crippen LogP contribution in [0.3, 0.4) is 0 Å². The van der Waals surface area contributed by atoms with Crippen LogP contribution < -0.4 is 19.6 Å². The molecule has 0 saturated carbocycles. The molecule has 1 aliphatic heterocycles. The summed E-state index contributed by atoms with van der Waals surface area (Å²) in [7, 11) is 0. The Hall–Kier alpha value is -3.45. The number of nitrogens with zero attached hydrogens (tertiary/aromatic N) is 3. The van der Waals surface area contributed by atoms with Crippen LogP contribution in [-0.2, 0) is 0 Å². The van der Waals surface area contributed by atoms with E-state index in [1.807, 2.05) is 60.7 Å². The summed E-state index contributed by atoms with van der Waals surface area (Å²) in [6.07, 6.45) is 7.31. The van der Waals surface area contributed by atoms with Gasteiger partial charge in [0.2, 0.25) is 4.96 Å². The number of fused-ring (bicyclic) bond motifs is 2. The number of unbranched alkanes of at least 4 members (excludes halogenated alkanes) is 2. The van der Waals surface area contributed by atoms with Crippen LogP contribution in [0.1, 0.15) is 31.7 Å². The number of aromatic nitrogens is 3. The first kappa shape index (κ1) is 20.5. The summed E-state index contributed by atoms with van der Waals surface area (Å²) in [6.45, 7) is 3.33. The predicted octanol–water partition coefficient (Wildman–Crippen LogP) is 4.36. The Kier molecular flexibility index (Phi) is 5.73. The van der Waals surface area contributed by atoms with E-state index >= 15 is 0 Å². The van der Waals surface area contributed by atoms with Gasteiger partial charge in [-0.1, -0.05) is 49.3 Å². The molecule has 0 unspecified atom stereocenters. The van der Waals surface area contributed by atoms with Crippen LogP contribution in [0.25, 0.3) is 28.5 Å². The summed E-state index contributed by atoms with van der Waals surface area (Å²) < 4.78 is 13.5. The first-order valence-corrected chi connectivity index (χ1v) is 11.6. The van der Waals surface area contributed by atoms with Crippen molar-refractivity contribution < 1.29 is 9.47 Å². The molecule has 1 aliphatic rings. The average molecular weight is 446 g/mol. The van der Waals surface area contributed by atoms with Gasteiger partial charge in [0, 0.05) is 11.1 Å². The Morgan fingerprint density at radius 1 is 1.16 bits per heavy atom. The van der Waals surface area contributed by atoms with Gasteiger partial charge in [-0.3, -0.25) is 4.79 Å². The van der Waals surface area contributed by atoms with Crippen LogP contribution in [0.5, 0.6) is 11.5 Å². The van der Waals surface area contributed by atoms with Gasteiger partial charge in [0.25, 0.3) is 5.56 Å². The second-order valence-corrected chi connectivity index (χ2v) is 8.68. The van der Waals surface area contributed by atoms with Gasteiger partial charge in [-0.15, -0.1) is 5.10 Å². The fourth-order valence-electron chi connectivity index (χ4n) is 3.58. The smallest absolute Gasteiger partial charge is 0.291 e. The summed E-state index contributed by atoms with van der Waals surface area (Å²) in [5, 5.41) is 4.44. The Bertz CT molecular complexity index is 1390. The minimum absolute atomic E-state index is 0.167. The summed E-state index contributed by atoms with van der Waals surface area (Å²) in [6, 6.07) is 15.5. The van der Waals surface area contributed by atoms with Gasteiger partial charge in [-0.25, -0.2) is 0 Å². The minimum Gasteiger partial charge on any atom is -0.494 e. The second-order valence-electron chi connectivity index (χ2n) is 7.67. The highest BCUT2D eigenvalue weighted by Gasteiger charge is 2.14. The maximum Gasteiger partial charge on any atom is 0.291 e. The molecule has 3 heterocycles. The number of hydrogen-bond acceptors (Lipinski definition) is 6. The Labute approximate surface area is 189 Å². The Morgan fingerprint density at radius 2 is 2.00 bits per heavy atom. The van der Waals surface area contributed by atoms with Gasteiger partial charge < -0.3 is 9.47 Å². The molecular weight excluding hydrogens is 422 g/mol. The van der Waals surface area contributed by atoms with Crippen molar-refractivity contribution in [3.05, 3.63) is 74.6 Å². The third kappa shape index (κ3) is 4.16. The first-order valence-electron chi connectivity index (χ1n) is 10.8. The van der Waals surface area contributed by atoms with Crippen LogP contribution in [-0.4, -0.2) is 27.8 Å². The SMILES string of the molecule is CCCCCOc1ccc(-c2nc3s/c(=C\C4=Cc5ccccc5OC4)c(=O)n3n2)cc1. The zero-order chi connectivity index (χ0) is 21.9. The molecule has 0 bridgehead atoms. The van der Waals surface area contributed by atoms with Gasteiger partial charge in [-0.2, -0.15) is 9.50 Å². The van der Waals surface area contributed by atoms with Crippen LogP contribution >= 0.6 is 11.3 Å². The molecule has 2 aromatic carbocycles. The summed E-state index contributed by atoms with van der Waals surface area (Å²) in [5.41, 5.74) is 2.64. The number of ether oxygens (including phenoxy) is 2. The van der Waals surface area contributed by atoms with Crippen molar-refractivity contribution in [3.63, 3.8) is 0 Å². The lowest BCUT2D eigenvalue weighted by Gasteiger charge is -2.15. The molecule has 0 aliphatic carbocycles. The Balaban J connectivity index is 1.37. The molecule has 0 fully saturated rings. The summed E-state index contributed by atoms with van der Waals surface area (Å²) in [5.74, 6) is 2.22. The van der Waals surface area contributed by atoms with Crippen molar-refractivity contribution in [3.8, 4) is 22.9 Å². The molecule has 7 heteroatoms. The molecule has 162 valence electrons.